The highest BCUT2D eigenvalue weighted by atomic mass is 35.5. The molecular formula is C16H26ClN3O. The Morgan fingerprint density at radius 2 is 2.19 bits per heavy atom. The standard InChI is InChI=1S/C16H25N3O.ClH/c1-12-7-8-17-15(9-12)16(20)18-14-6-4-5-13(10-14)11-19(2)3;/h4-6,10,12,15,17H,7-9,11H2,1-3H3,(H,18,20);1H. The number of piperidine rings is 1. The fraction of sp³-hybridized carbons (Fsp3) is 0.562. The van der Waals surface area contributed by atoms with Crippen LogP contribution in [0.5, 0.6) is 0 Å². The van der Waals surface area contributed by atoms with E-state index in [1.165, 1.54) is 5.56 Å². The molecule has 1 fully saturated rings. The SMILES string of the molecule is CC1CCNC(C(=O)Nc2cccc(CN(C)C)c2)C1.Cl. The van der Waals surface area contributed by atoms with Crippen LogP contribution in [0.4, 0.5) is 5.69 Å². The van der Waals surface area contributed by atoms with E-state index in [2.05, 4.69) is 28.5 Å². The van der Waals surface area contributed by atoms with Crippen molar-refractivity contribution in [1.29, 1.82) is 0 Å². The molecule has 0 aromatic heterocycles. The Bertz CT molecular complexity index is 465. The first-order chi connectivity index (χ1) is 9.54. The minimum Gasteiger partial charge on any atom is -0.325 e. The monoisotopic (exact) mass is 311 g/mol. The molecule has 5 heteroatoms. The topological polar surface area (TPSA) is 44.4 Å². The predicted molar refractivity (Wildman–Crippen MR) is 89.9 cm³/mol. The maximum absolute atomic E-state index is 12.3. The highest BCUT2D eigenvalue weighted by molar-refractivity contribution is 5.94. The van der Waals surface area contributed by atoms with Crippen molar-refractivity contribution in [3.05, 3.63) is 29.8 Å². The molecule has 2 rings (SSSR count). The van der Waals surface area contributed by atoms with Gasteiger partial charge in [0.1, 0.15) is 0 Å². The van der Waals surface area contributed by atoms with Gasteiger partial charge >= 0.3 is 0 Å². The van der Waals surface area contributed by atoms with Gasteiger partial charge in [-0.1, -0.05) is 19.1 Å². The number of nitrogens with one attached hydrogen (secondary N) is 2. The molecule has 2 unspecified atom stereocenters. The molecule has 4 nitrogen and oxygen atoms in total. The van der Waals surface area contributed by atoms with E-state index in [-0.39, 0.29) is 24.4 Å². The molecule has 2 atom stereocenters. The first-order valence-corrected chi connectivity index (χ1v) is 7.32. The van der Waals surface area contributed by atoms with Crippen molar-refractivity contribution in [3.8, 4) is 0 Å². The molecule has 2 N–H and O–H groups in total. The van der Waals surface area contributed by atoms with Crippen LogP contribution < -0.4 is 10.6 Å². The fourth-order valence-electron chi connectivity index (χ4n) is 2.65. The fourth-order valence-corrected chi connectivity index (χ4v) is 2.65. The lowest BCUT2D eigenvalue weighted by atomic mass is 9.94. The van der Waals surface area contributed by atoms with Crippen LogP contribution in [0.2, 0.25) is 0 Å². The number of halogens is 1. The number of carbonyl (C=O) groups is 1. The number of amides is 1. The molecule has 0 saturated carbocycles. The van der Waals surface area contributed by atoms with Crippen molar-refractivity contribution < 1.29 is 4.79 Å². The molecule has 1 aliphatic rings. The third-order valence-electron chi connectivity index (χ3n) is 3.68. The summed E-state index contributed by atoms with van der Waals surface area (Å²) in [5.41, 5.74) is 2.09. The number of anilines is 1. The average molecular weight is 312 g/mol. The van der Waals surface area contributed by atoms with Gasteiger partial charge in [0.15, 0.2) is 0 Å². The van der Waals surface area contributed by atoms with E-state index in [4.69, 9.17) is 0 Å². The third-order valence-corrected chi connectivity index (χ3v) is 3.68. The van der Waals surface area contributed by atoms with Crippen molar-refractivity contribution in [2.24, 2.45) is 5.92 Å². The molecule has 21 heavy (non-hydrogen) atoms. The molecule has 118 valence electrons. The summed E-state index contributed by atoms with van der Waals surface area (Å²) < 4.78 is 0. The van der Waals surface area contributed by atoms with Gasteiger partial charge < -0.3 is 15.5 Å². The summed E-state index contributed by atoms with van der Waals surface area (Å²) in [6, 6.07) is 8.01. The van der Waals surface area contributed by atoms with Crippen LogP contribution in [0, 0.1) is 5.92 Å². The summed E-state index contributed by atoms with van der Waals surface area (Å²) in [4.78, 5) is 14.4. The molecule has 1 aromatic rings. The smallest absolute Gasteiger partial charge is 0.241 e. The Morgan fingerprint density at radius 3 is 2.86 bits per heavy atom. The molecular weight excluding hydrogens is 286 g/mol. The predicted octanol–water partition coefficient (Wildman–Crippen LogP) is 2.50. The molecule has 1 aliphatic heterocycles. The second-order valence-electron chi connectivity index (χ2n) is 6.06. The largest absolute Gasteiger partial charge is 0.325 e. The first kappa shape index (κ1) is 18.0. The Hall–Kier alpha value is -1.10. The third kappa shape index (κ3) is 5.65. The van der Waals surface area contributed by atoms with Gasteiger partial charge in [0.05, 0.1) is 6.04 Å². The summed E-state index contributed by atoms with van der Waals surface area (Å²) in [5.74, 6) is 0.700. The van der Waals surface area contributed by atoms with Crippen molar-refractivity contribution in [1.82, 2.24) is 10.2 Å². The molecule has 0 radical (unpaired) electrons. The van der Waals surface area contributed by atoms with E-state index in [1.54, 1.807) is 0 Å². The minimum absolute atomic E-state index is 0. The van der Waals surface area contributed by atoms with Crippen LogP contribution in [0.15, 0.2) is 24.3 Å². The van der Waals surface area contributed by atoms with Crippen molar-refractivity contribution in [2.45, 2.75) is 32.4 Å². The van der Waals surface area contributed by atoms with E-state index < -0.39 is 0 Å². The Kier molecular flexibility index (Phi) is 7.15. The lowest BCUT2D eigenvalue weighted by Crippen LogP contribution is -2.45. The molecule has 1 aromatic carbocycles. The summed E-state index contributed by atoms with van der Waals surface area (Å²) in [5, 5.41) is 6.32. The van der Waals surface area contributed by atoms with Gasteiger partial charge in [-0.05, 0) is 57.1 Å². The van der Waals surface area contributed by atoms with E-state index in [0.29, 0.717) is 5.92 Å². The van der Waals surface area contributed by atoms with Crippen LogP contribution in [-0.2, 0) is 11.3 Å². The van der Waals surface area contributed by atoms with E-state index in [1.807, 2.05) is 32.3 Å². The maximum atomic E-state index is 12.3. The van der Waals surface area contributed by atoms with Crippen molar-refractivity contribution in [3.63, 3.8) is 0 Å². The number of carbonyl (C=O) groups excluding carboxylic acids is 1. The molecule has 0 spiro atoms. The Balaban J connectivity index is 0.00000220. The molecule has 1 amide bonds. The Morgan fingerprint density at radius 1 is 1.43 bits per heavy atom. The van der Waals surface area contributed by atoms with Crippen molar-refractivity contribution >= 4 is 24.0 Å². The van der Waals surface area contributed by atoms with Gasteiger partial charge in [0.25, 0.3) is 0 Å². The first-order valence-electron chi connectivity index (χ1n) is 7.32. The zero-order valence-electron chi connectivity index (χ0n) is 13.1. The van der Waals surface area contributed by atoms with Crippen molar-refractivity contribution in [2.75, 3.05) is 26.0 Å². The minimum atomic E-state index is -0.0590. The average Bonchev–Trinajstić information content (AvgIpc) is 2.38. The highest BCUT2D eigenvalue weighted by Crippen LogP contribution is 2.17. The number of benzene rings is 1. The van der Waals surface area contributed by atoms with Gasteiger partial charge in [0.2, 0.25) is 5.91 Å². The summed E-state index contributed by atoms with van der Waals surface area (Å²) in [6.45, 7) is 4.02. The normalized spacial score (nSPS) is 21.7. The second-order valence-corrected chi connectivity index (χ2v) is 6.06. The van der Waals surface area contributed by atoms with Gasteiger partial charge in [-0.25, -0.2) is 0 Å². The van der Waals surface area contributed by atoms with Crippen LogP contribution in [0.3, 0.4) is 0 Å². The molecule has 0 bridgehead atoms. The van der Waals surface area contributed by atoms with Gasteiger partial charge in [0, 0.05) is 12.2 Å². The van der Waals surface area contributed by atoms with Crippen LogP contribution in [0.25, 0.3) is 0 Å². The van der Waals surface area contributed by atoms with Gasteiger partial charge in [-0.3, -0.25) is 4.79 Å². The van der Waals surface area contributed by atoms with Crippen LogP contribution in [0.1, 0.15) is 25.3 Å². The quantitative estimate of drug-likeness (QED) is 0.898. The summed E-state index contributed by atoms with van der Waals surface area (Å²) >= 11 is 0. The zero-order valence-corrected chi connectivity index (χ0v) is 13.9. The second kappa shape index (κ2) is 8.37. The van der Waals surface area contributed by atoms with Crippen LogP contribution >= 0.6 is 12.4 Å². The number of rotatable bonds is 4. The van der Waals surface area contributed by atoms with Gasteiger partial charge in [-0.15, -0.1) is 12.4 Å². The lowest BCUT2D eigenvalue weighted by molar-refractivity contribution is -0.119. The van der Waals surface area contributed by atoms with Crippen LogP contribution in [-0.4, -0.2) is 37.5 Å². The lowest BCUT2D eigenvalue weighted by Gasteiger charge is -2.27. The molecule has 1 heterocycles. The highest BCUT2D eigenvalue weighted by Gasteiger charge is 2.24. The van der Waals surface area contributed by atoms with E-state index >= 15 is 0 Å². The van der Waals surface area contributed by atoms with Gasteiger partial charge in [-0.2, -0.15) is 0 Å². The summed E-state index contributed by atoms with van der Waals surface area (Å²) in [7, 11) is 4.08. The summed E-state index contributed by atoms with van der Waals surface area (Å²) in [6.07, 6.45) is 2.07. The number of hydrogen-bond acceptors (Lipinski definition) is 3. The number of nitrogens with zero attached hydrogens (tertiary/aromatic N) is 1. The Labute approximate surface area is 133 Å². The molecule has 1 saturated heterocycles. The zero-order chi connectivity index (χ0) is 14.5. The number of hydrogen-bond donors (Lipinski definition) is 2. The van der Waals surface area contributed by atoms with E-state index in [9.17, 15) is 4.79 Å². The maximum Gasteiger partial charge on any atom is 0.241 e. The van der Waals surface area contributed by atoms with E-state index in [0.717, 1.165) is 31.6 Å². The molecule has 0 aliphatic carbocycles.